The number of rotatable bonds is 2. The van der Waals surface area contributed by atoms with Crippen LogP contribution >= 0.6 is 11.6 Å². The zero-order valence-corrected chi connectivity index (χ0v) is 11.0. The van der Waals surface area contributed by atoms with E-state index in [0.717, 1.165) is 0 Å². The van der Waals surface area contributed by atoms with Crippen LogP contribution in [-0.4, -0.2) is 32.1 Å². The van der Waals surface area contributed by atoms with Crippen LogP contribution in [0, 0.1) is 0 Å². The molecule has 98 valence electrons. The van der Waals surface area contributed by atoms with Gasteiger partial charge in [0.2, 0.25) is 0 Å². The molecule has 0 spiro atoms. The first-order chi connectivity index (χ1) is 8.44. The van der Waals surface area contributed by atoms with Crippen molar-refractivity contribution >= 4 is 27.5 Å². The number of carbonyl (C=O) groups is 1. The fourth-order valence-corrected chi connectivity index (χ4v) is 3.60. The van der Waals surface area contributed by atoms with Gasteiger partial charge >= 0.3 is 6.09 Å². The second-order valence-electron chi connectivity index (χ2n) is 4.09. The second kappa shape index (κ2) is 5.16. The minimum atomic E-state index is -3.01. The Bertz CT molecular complexity index is 558. The molecule has 0 aliphatic carbocycles. The van der Waals surface area contributed by atoms with E-state index in [9.17, 15) is 13.2 Å². The number of carbonyl (C=O) groups excluding carboxylic acids is 1. The molecule has 0 saturated carbocycles. The molecule has 0 aromatic heterocycles. The molecule has 1 saturated heterocycles. The normalized spacial score (nSPS) is 21.5. The average molecular weight is 290 g/mol. The number of ether oxygens (including phenoxy) is 1. The van der Waals surface area contributed by atoms with Gasteiger partial charge in [0, 0.05) is 11.1 Å². The van der Waals surface area contributed by atoms with Crippen molar-refractivity contribution in [3.05, 3.63) is 29.3 Å². The molecule has 1 heterocycles. The van der Waals surface area contributed by atoms with Crippen LogP contribution in [0.1, 0.15) is 6.42 Å². The van der Waals surface area contributed by atoms with Crippen molar-refractivity contribution in [2.45, 2.75) is 12.5 Å². The highest BCUT2D eigenvalue weighted by Gasteiger charge is 2.29. The largest absolute Gasteiger partial charge is 0.412 e. The van der Waals surface area contributed by atoms with Gasteiger partial charge in [-0.15, -0.1) is 0 Å². The van der Waals surface area contributed by atoms with Crippen molar-refractivity contribution in [2.24, 2.45) is 0 Å². The summed E-state index contributed by atoms with van der Waals surface area (Å²) >= 11 is 5.74. The monoisotopic (exact) mass is 289 g/mol. The summed E-state index contributed by atoms with van der Waals surface area (Å²) in [6.07, 6.45) is -0.244. The highest BCUT2D eigenvalue weighted by molar-refractivity contribution is 7.91. The molecule has 1 atom stereocenters. The van der Waals surface area contributed by atoms with E-state index in [0.29, 0.717) is 17.2 Å². The molecule has 18 heavy (non-hydrogen) atoms. The molecule has 7 heteroatoms. The summed E-state index contributed by atoms with van der Waals surface area (Å²) in [5, 5.41) is 2.98. The van der Waals surface area contributed by atoms with Crippen LogP contribution < -0.4 is 10.1 Å². The van der Waals surface area contributed by atoms with E-state index in [1.807, 2.05) is 0 Å². The highest BCUT2D eigenvalue weighted by atomic mass is 35.5. The summed E-state index contributed by atoms with van der Waals surface area (Å²) in [7, 11) is -3.01. The molecule has 1 amide bonds. The zero-order chi connectivity index (χ0) is 13.2. The van der Waals surface area contributed by atoms with Gasteiger partial charge in [0.05, 0.1) is 11.5 Å². The maximum Gasteiger partial charge on any atom is 0.412 e. The Hall–Kier alpha value is -1.27. The third kappa shape index (κ3) is 3.61. The summed E-state index contributed by atoms with van der Waals surface area (Å²) in [4.78, 5) is 11.5. The van der Waals surface area contributed by atoms with Crippen LogP contribution in [0.2, 0.25) is 5.02 Å². The van der Waals surface area contributed by atoms with E-state index in [2.05, 4.69) is 5.32 Å². The molecule has 1 aliphatic heterocycles. The van der Waals surface area contributed by atoms with E-state index < -0.39 is 15.9 Å². The van der Waals surface area contributed by atoms with Gasteiger partial charge in [-0.1, -0.05) is 17.7 Å². The van der Waals surface area contributed by atoms with Crippen molar-refractivity contribution in [3.63, 3.8) is 0 Å². The predicted molar refractivity (Wildman–Crippen MR) is 67.7 cm³/mol. The van der Waals surface area contributed by atoms with Crippen LogP contribution in [0.15, 0.2) is 24.3 Å². The predicted octanol–water partition coefficient (Wildman–Crippen LogP) is 1.62. The van der Waals surface area contributed by atoms with E-state index in [1.165, 1.54) is 6.07 Å². The van der Waals surface area contributed by atoms with E-state index in [4.69, 9.17) is 16.3 Å². The Labute approximate surface area is 110 Å². The Morgan fingerprint density at radius 1 is 1.44 bits per heavy atom. The lowest BCUT2D eigenvalue weighted by Crippen LogP contribution is -2.37. The molecule has 1 aromatic carbocycles. The molecular formula is C11H12ClNO4S. The Morgan fingerprint density at radius 2 is 2.22 bits per heavy atom. The topological polar surface area (TPSA) is 72.5 Å². The van der Waals surface area contributed by atoms with Crippen molar-refractivity contribution in [1.82, 2.24) is 5.32 Å². The molecule has 2 rings (SSSR count). The standard InChI is InChI=1S/C11H12ClNO4S/c12-8-2-1-3-10(6-8)17-11(14)13-9-4-5-18(15,16)7-9/h1-3,6,9H,4-5,7H2,(H,13,14). The summed E-state index contributed by atoms with van der Waals surface area (Å²) in [6.45, 7) is 0. The summed E-state index contributed by atoms with van der Waals surface area (Å²) in [5.74, 6) is 0.396. The maximum atomic E-state index is 11.5. The highest BCUT2D eigenvalue weighted by Crippen LogP contribution is 2.17. The smallest absolute Gasteiger partial charge is 0.410 e. The first kappa shape index (κ1) is 13.2. The van der Waals surface area contributed by atoms with Gasteiger partial charge in [-0.3, -0.25) is 0 Å². The van der Waals surface area contributed by atoms with Gasteiger partial charge in [0.15, 0.2) is 9.84 Å². The number of hydrogen-bond acceptors (Lipinski definition) is 4. The molecule has 0 radical (unpaired) electrons. The Morgan fingerprint density at radius 3 is 2.83 bits per heavy atom. The second-order valence-corrected chi connectivity index (χ2v) is 6.76. The fourth-order valence-electron chi connectivity index (χ4n) is 1.74. The van der Waals surface area contributed by atoms with Gasteiger partial charge in [0.25, 0.3) is 0 Å². The quantitative estimate of drug-likeness (QED) is 0.898. The fraction of sp³-hybridized carbons (Fsp3) is 0.364. The third-order valence-corrected chi connectivity index (χ3v) is 4.56. The molecule has 0 bridgehead atoms. The molecule has 1 unspecified atom stereocenters. The number of benzene rings is 1. The van der Waals surface area contributed by atoms with Crippen molar-refractivity contribution < 1.29 is 17.9 Å². The first-order valence-electron chi connectivity index (χ1n) is 5.39. The van der Waals surface area contributed by atoms with Crippen LogP contribution in [0.3, 0.4) is 0 Å². The van der Waals surface area contributed by atoms with E-state index >= 15 is 0 Å². The maximum absolute atomic E-state index is 11.5. The molecule has 5 nitrogen and oxygen atoms in total. The SMILES string of the molecule is O=C(NC1CCS(=O)(=O)C1)Oc1cccc(Cl)c1. The van der Waals surface area contributed by atoms with Gasteiger partial charge < -0.3 is 10.1 Å². The molecule has 1 aromatic rings. The lowest BCUT2D eigenvalue weighted by molar-refractivity contribution is 0.197. The van der Waals surface area contributed by atoms with Gasteiger partial charge in [-0.05, 0) is 24.6 Å². The van der Waals surface area contributed by atoms with Crippen molar-refractivity contribution in [1.29, 1.82) is 0 Å². The number of halogens is 1. The van der Waals surface area contributed by atoms with E-state index in [-0.39, 0.29) is 17.5 Å². The Balaban J connectivity index is 1.90. The number of hydrogen-bond donors (Lipinski definition) is 1. The lowest BCUT2D eigenvalue weighted by Gasteiger charge is -2.10. The van der Waals surface area contributed by atoms with Crippen LogP contribution in [0.25, 0.3) is 0 Å². The zero-order valence-electron chi connectivity index (χ0n) is 9.43. The summed E-state index contributed by atoms with van der Waals surface area (Å²) in [6, 6.07) is 6.05. The van der Waals surface area contributed by atoms with E-state index in [1.54, 1.807) is 18.2 Å². The average Bonchev–Trinajstić information content (AvgIpc) is 2.57. The number of nitrogens with one attached hydrogen (secondary N) is 1. The molecule has 1 N–H and O–H groups in total. The first-order valence-corrected chi connectivity index (χ1v) is 7.59. The van der Waals surface area contributed by atoms with Gasteiger partial charge in [-0.2, -0.15) is 0 Å². The van der Waals surface area contributed by atoms with Crippen LogP contribution in [-0.2, 0) is 9.84 Å². The van der Waals surface area contributed by atoms with Crippen LogP contribution in [0.5, 0.6) is 5.75 Å². The minimum Gasteiger partial charge on any atom is -0.410 e. The number of sulfone groups is 1. The van der Waals surface area contributed by atoms with Crippen molar-refractivity contribution in [3.8, 4) is 5.75 Å². The van der Waals surface area contributed by atoms with Crippen LogP contribution in [0.4, 0.5) is 4.79 Å². The molecule has 1 aliphatic rings. The molecular weight excluding hydrogens is 278 g/mol. The van der Waals surface area contributed by atoms with Gasteiger partial charge in [-0.25, -0.2) is 13.2 Å². The number of amides is 1. The molecule has 1 fully saturated rings. The summed E-state index contributed by atoms with van der Waals surface area (Å²) in [5.41, 5.74) is 0. The summed E-state index contributed by atoms with van der Waals surface area (Å²) < 4.78 is 27.4. The third-order valence-electron chi connectivity index (χ3n) is 2.56. The Kier molecular flexibility index (Phi) is 3.77. The minimum absolute atomic E-state index is 0.0301. The van der Waals surface area contributed by atoms with Gasteiger partial charge in [0.1, 0.15) is 5.75 Å². The lowest BCUT2D eigenvalue weighted by atomic mass is 10.3. The van der Waals surface area contributed by atoms with Crippen molar-refractivity contribution in [2.75, 3.05) is 11.5 Å².